The first-order chi connectivity index (χ1) is 10.1. The number of nitrogens with one attached hydrogen (secondary N) is 1. The van der Waals surface area contributed by atoms with Crippen LogP contribution < -0.4 is 5.32 Å². The summed E-state index contributed by atoms with van der Waals surface area (Å²) < 4.78 is 6.80. The van der Waals surface area contributed by atoms with E-state index in [4.69, 9.17) is 4.52 Å². The van der Waals surface area contributed by atoms with E-state index in [2.05, 4.69) is 20.5 Å². The van der Waals surface area contributed by atoms with Crippen molar-refractivity contribution in [2.24, 2.45) is 7.05 Å². The molecule has 0 saturated carbocycles. The first-order valence-corrected chi connectivity index (χ1v) is 7.07. The summed E-state index contributed by atoms with van der Waals surface area (Å²) in [6.07, 6.45) is 6.04. The Morgan fingerprint density at radius 2 is 2.43 bits per heavy atom. The van der Waals surface area contributed by atoms with Crippen molar-refractivity contribution >= 4 is 11.8 Å². The number of nitrogens with zero attached hydrogens (tertiary/aromatic N) is 4. The molecule has 0 aromatic carbocycles. The van der Waals surface area contributed by atoms with Gasteiger partial charge in [0, 0.05) is 30.9 Å². The normalized spacial score (nSPS) is 19.0. The van der Waals surface area contributed by atoms with E-state index in [1.807, 2.05) is 26.4 Å². The van der Waals surface area contributed by atoms with Crippen LogP contribution in [-0.2, 0) is 11.8 Å². The van der Waals surface area contributed by atoms with Crippen LogP contribution in [0.3, 0.4) is 0 Å². The molecule has 1 N–H and O–H groups in total. The van der Waals surface area contributed by atoms with E-state index < -0.39 is 0 Å². The highest BCUT2D eigenvalue weighted by Crippen LogP contribution is 2.31. The van der Waals surface area contributed by atoms with Gasteiger partial charge in [-0.2, -0.15) is 5.10 Å². The zero-order valence-corrected chi connectivity index (χ0v) is 12.2. The number of hydrogen-bond acceptors (Lipinski definition) is 5. The van der Waals surface area contributed by atoms with Gasteiger partial charge in [-0.1, -0.05) is 5.16 Å². The summed E-state index contributed by atoms with van der Waals surface area (Å²) in [6.45, 7) is 3.08. The number of carbonyl (C=O) groups excluding carboxylic acids is 1. The fourth-order valence-corrected chi connectivity index (χ4v) is 2.79. The standard InChI is InChI=1S/C14H19N5O2/c1-10-6-14(21-17-10)16-13(20)9-19-5-3-4-12(19)11-7-15-18(2)8-11/h6-8,12H,3-5,9H2,1-2H3,(H,16,20). The summed E-state index contributed by atoms with van der Waals surface area (Å²) in [5, 5.41) is 10.7. The second-order valence-corrected chi connectivity index (χ2v) is 5.46. The van der Waals surface area contributed by atoms with Crippen LogP contribution in [0.4, 0.5) is 5.88 Å². The minimum absolute atomic E-state index is 0.0815. The summed E-state index contributed by atoms with van der Waals surface area (Å²) in [4.78, 5) is 14.3. The van der Waals surface area contributed by atoms with Gasteiger partial charge in [0.05, 0.1) is 18.4 Å². The van der Waals surface area contributed by atoms with Crippen LogP contribution in [0.15, 0.2) is 23.0 Å². The molecule has 0 bridgehead atoms. The second-order valence-electron chi connectivity index (χ2n) is 5.46. The van der Waals surface area contributed by atoms with Crippen molar-refractivity contribution in [3.8, 4) is 0 Å². The van der Waals surface area contributed by atoms with Crippen molar-refractivity contribution in [2.75, 3.05) is 18.4 Å². The Hall–Kier alpha value is -2.15. The zero-order chi connectivity index (χ0) is 14.8. The maximum Gasteiger partial charge on any atom is 0.240 e. The number of rotatable bonds is 4. The van der Waals surface area contributed by atoms with E-state index in [-0.39, 0.29) is 11.9 Å². The highest BCUT2D eigenvalue weighted by molar-refractivity contribution is 5.91. The Balaban J connectivity index is 1.62. The molecule has 0 radical (unpaired) electrons. The number of hydrogen-bond donors (Lipinski definition) is 1. The number of aryl methyl sites for hydroxylation is 2. The predicted octanol–water partition coefficient (Wildman–Crippen LogP) is 1.49. The average molecular weight is 289 g/mol. The molecular formula is C14H19N5O2. The van der Waals surface area contributed by atoms with Gasteiger partial charge in [0.2, 0.25) is 11.8 Å². The molecule has 21 heavy (non-hydrogen) atoms. The lowest BCUT2D eigenvalue weighted by Gasteiger charge is -2.22. The highest BCUT2D eigenvalue weighted by atomic mass is 16.5. The van der Waals surface area contributed by atoms with Crippen LogP contribution in [0.1, 0.15) is 30.1 Å². The van der Waals surface area contributed by atoms with Crippen LogP contribution in [0.2, 0.25) is 0 Å². The van der Waals surface area contributed by atoms with E-state index in [0.29, 0.717) is 12.4 Å². The van der Waals surface area contributed by atoms with Gasteiger partial charge in [-0.25, -0.2) is 0 Å². The molecule has 1 aliphatic heterocycles. The topological polar surface area (TPSA) is 76.2 Å². The summed E-state index contributed by atoms with van der Waals surface area (Å²) in [7, 11) is 1.90. The minimum Gasteiger partial charge on any atom is -0.338 e. The fourth-order valence-electron chi connectivity index (χ4n) is 2.79. The average Bonchev–Trinajstić information content (AvgIpc) is 3.12. The largest absolute Gasteiger partial charge is 0.338 e. The van der Waals surface area contributed by atoms with Gasteiger partial charge in [-0.05, 0) is 26.3 Å². The molecule has 1 atom stereocenters. The smallest absolute Gasteiger partial charge is 0.240 e. The van der Waals surface area contributed by atoms with Gasteiger partial charge in [-0.3, -0.25) is 19.7 Å². The van der Waals surface area contributed by atoms with Crippen molar-refractivity contribution in [1.82, 2.24) is 19.8 Å². The van der Waals surface area contributed by atoms with E-state index in [0.717, 1.165) is 25.1 Å². The lowest BCUT2D eigenvalue weighted by atomic mass is 10.1. The quantitative estimate of drug-likeness (QED) is 0.923. The molecule has 1 aliphatic rings. The van der Waals surface area contributed by atoms with Gasteiger partial charge in [-0.15, -0.1) is 0 Å². The molecule has 112 valence electrons. The van der Waals surface area contributed by atoms with Gasteiger partial charge < -0.3 is 4.52 Å². The lowest BCUT2D eigenvalue weighted by Crippen LogP contribution is -2.32. The van der Waals surface area contributed by atoms with Crippen molar-refractivity contribution in [1.29, 1.82) is 0 Å². The number of anilines is 1. The summed E-state index contributed by atoms with van der Waals surface area (Å²) >= 11 is 0. The third kappa shape index (κ3) is 3.13. The molecule has 3 rings (SSSR count). The van der Waals surface area contributed by atoms with Gasteiger partial charge in [0.25, 0.3) is 0 Å². The summed E-state index contributed by atoms with van der Waals surface area (Å²) in [6, 6.07) is 1.97. The molecule has 7 heteroatoms. The van der Waals surface area contributed by atoms with Crippen molar-refractivity contribution < 1.29 is 9.32 Å². The van der Waals surface area contributed by atoms with Crippen LogP contribution in [0.25, 0.3) is 0 Å². The fraction of sp³-hybridized carbons (Fsp3) is 0.500. The Labute approximate surface area is 122 Å². The maximum absolute atomic E-state index is 12.1. The summed E-state index contributed by atoms with van der Waals surface area (Å²) in [5.41, 5.74) is 1.91. The first-order valence-electron chi connectivity index (χ1n) is 7.07. The Morgan fingerprint density at radius 1 is 1.57 bits per heavy atom. The molecule has 7 nitrogen and oxygen atoms in total. The molecular weight excluding hydrogens is 270 g/mol. The first kappa shape index (κ1) is 13.8. The third-order valence-corrected chi connectivity index (χ3v) is 3.71. The molecule has 1 amide bonds. The number of amides is 1. The van der Waals surface area contributed by atoms with Crippen LogP contribution >= 0.6 is 0 Å². The van der Waals surface area contributed by atoms with E-state index in [1.54, 1.807) is 10.7 Å². The van der Waals surface area contributed by atoms with Crippen LogP contribution in [0.5, 0.6) is 0 Å². The molecule has 1 unspecified atom stereocenters. The van der Waals surface area contributed by atoms with Crippen molar-refractivity contribution in [3.05, 3.63) is 29.7 Å². The summed E-state index contributed by atoms with van der Waals surface area (Å²) in [5.74, 6) is 0.316. The third-order valence-electron chi connectivity index (χ3n) is 3.71. The van der Waals surface area contributed by atoms with E-state index in [1.165, 1.54) is 5.56 Å². The van der Waals surface area contributed by atoms with Crippen LogP contribution in [-0.4, -0.2) is 38.8 Å². The molecule has 2 aromatic heterocycles. The van der Waals surface area contributed by atoms with Gasteiger partial charge >= 0.3 is 0 Å². The van der Waals surface area contributed by atoms with Gasteiger partial charge in [0.15, 0.2) is 0 Å². The monoisotopic (exact) mass is 289 g/mol. The Kier molecular flexibility index (Phi) is 3.74. The highest BCUT2D eigenvalue weighted by Gasteiger charge is 2.28. The Morgan fingerprint density at radius 3 is 3.10 bits per heavy atom. The number of likely N-dealkylation sites (tertiary alicyclic amines) is 1. The molecule has 0 spiro atoms. The lowest BCUT2D eigenvalue weighted by molar-refractivity contribution is -0.117. The predicted molar refractivity (Wildman–Crippen MR) is 76.6 cm³/mol. The van der Waals surface area contributed by atoms with E-state index in [9.17, 15) is 4.79 Å². The number of aromatic nitrogens is 3. The molecule has 1 fully saturated rings. The minimum atomic E-state index is -0.0815. The maximum atomic E-state index is 12.1. The van der Waals surface area contributed by atoms with Crippen LogP contribution in [0, 0.1) is 6.92 Å². The zero-order valence-electron chi connectivity index (χ0n) is 12.2. The second kappa shape index (κ2) is 5.69. The van der Waals surface area contributed by atoms with Gasteiger partial charge in [0.1, 0.15) is 0 Å². The molecule has 3 heterocycles. The van der Waals surface area contributed by atoms with Crippen molar-refractivity contribution in [3.63, 3.8) is 0 Å². The molecule has 1 saturated heterocycles. The number of carbonyl (C=O) groups is 1. The van der Waals surface area contributed by atoms with E-state index >= 15 is 0 Å². The molecule has 0 aliphatic carbocycles. The SMILES string of the molecule is Cc1cc(NC(=O)CN2CCCC2c2cnn(C)c2)on1. The van der Waals surface area contributed by atoms with Crippen molar-refractivity contribution in [2.45, 2.75) is 25.8 Å². The Bertz CT molecular complexity index is 633. The molecule has 2 aromatic rings.